The summed E-state index contributed by atoms with van der Waals surface area (Å²) in [5, 5.41) is 14.3. The van der Waals surface area contributed by atoms with Crippen molar-refractivity contribution in [1.29, 1.82) is 0 Å². The maximum Gasteiger partial charge on any atom is 0.124 e. The zero-order chi connectivity index (χ0) is 12.9. The van der Waals surface area contributed by atoms with Crippen LogP contribution >= 0.6 is 0 Å². The molecule has 2 aromatic heterocycles. The molecule has 2 heterocycles. The van der Waals surface area contributed by atoms with Gasteiger partial charge >= 0.3 is 0 Å². The first kappa shape index (κ1) is 11.7. The lowest BCUT2D eigenvalue weighted by Gasteiger charge is -2.04. The number of nitrogens with zero attached hydrogens (tertiary/aromatic N) is 2. The highest BCUT2D eigenvalue weighted by Gasteiger charge is 2.07. The number of hydrogen-bond acceptors (Lipinski definition) is 4. The molecule has 0 fully saturated rings. The van der Waals surface area contributed by atoms with Crippen molar-refractivity contribution in [2.24, 2.45) is 0 Å². The van der Waals surface area contributed by atoms with E-state index in [1.54, 1.807) is 6.26 Å². The molecule has 3 aromatic rings. The third-order valence-electron chi connectivity index (χ3n) is 2.89. The summed E-state index contributed by atoms with van der Waals surface area (Å²) in [5.74, 6) is 0. The molecule has 0 aliphatic carbocycles. The smallest absolute Gasteiger partial charge is 0.124 e. The van der Waals surface area contributed by atoms with E-state index in [1.807, 2.05) is 30.5 Å². The van der Waals surface area contributed by atoms with Crippen molar-refractivity contribution < 1.29 is 4.52 Å². The first-order valence-electron chi connectivity index (χ1n) is 6.11. The molecule has 5 heteroatoms. The van der Waals surface area contributed by atoms with E-state index in [9.17, 15) is 0 Å². The van der Waals surface area contributed by atoms with Crippen molar-refractivity contribution in [3.63, 3.8) is 0 Å². The molecule has 0 bridgehead atoms. The van der Waals surface area contributed by atoms with Crippen molar-refractivity contribution in [2.75, 3.05) is 0 Å². The van der Waals surface area contributed by atoms with Crippen LogP contribution in [0.25, 0.3) is 11.3 Å². The van der Waals surface area contributed by atoms with E-state index in [2.05, 4.69) is 32.8 Å². The Kier molecular flexibility index (Phi) is 3.38. The number of aromatic nitrogens is 3. The van der Waals surface area contributed by atoms with E-state index in [1.165, 1.54) is 0 Å². The lowest BCUT2D eigenvalue weighted by molar-refractivity contribution is 0.408. The van der Waals surface area contributed by atoms with Crippen LogP contribution in [0.5, 0.6) is 0 Å². The van der Waals surface area contributed by atoms with E-state index in [0.717, 1.165) is 29.1 Å². The Morgan fingerprint density at radius 2 is 2.00 bits per heavy atom. The third-order valence-corrected chi connectivity index (χ3v) is 2.89. The van der Waals surface area contributed by atoms with Gasteiger partial charge in [-0.2, -0.15) is 5.10 Å². The Morgan fingerprint density at radius 1 is 1.11 bits per heavy atom. The van der Waals surface area contributed by atoms with Crippen molar-refractivity contribution in [3.8, 4) is 11.3 Å². The van der Waals surface area contributed by atoms with Gasteiger partial charge in [-0.1, -0.05) is 35.5 Å². The summed E-state index contributed by atoms with van der Waals surface area (Å²) >= 11 is 0. The predicted octanol–water partition coefficient (Wildman–Crippen LogP) is 2.35. The largest absolute Gasteiger partial charge is 0.364 e. The molecule has 0 radical (unpaired) electrons. The number of rotatable bonds is 5. The maximum absolute atomic E-state index is 4.79. The second-order valence-electron chi connectivity index (χ2n) is 4.23. The zero-order valence-electron chi connectivity index (χ0n) is 10.3. The molecule has 0 unspecified atom stereocenters. The summed E-state index contributed by atoms with van der Waals surface area (Å²) in [6.45, 7) is 1.41. The number of nitrogens with one attached hydrogen (secondary N) is 2. The lowest BCUT2D eigenvalue weighted by Crippen LogP contribution is -2.13. The van der Waals surface area contributed by atoms with Crippen molar-refractivity contribution >= 4 is 0 Å². The number of H-pyrrole nitrogens is 1. The highest BCUT2D eigenvalue weighted by molar-refractivity contribution is 5.62. The monoisotopic (exact) mass is 254 g/mol. The Morgan fingerprint density at radius 3 is 2.79 bits per heavy atom. The van der Waals surface area contributed by atoms with Crippen LogP contribution in [0.2, 0.25) is 0 Å². The third kappa shape index (κ3) is 2.71. The molecular weight excluding hydrogens is 240 g/mol. The quantitative estimate of drug-likeness (QED) is 0.733. The van der Waals surface area contributed by atoms with E-state index >= 15 is 0 Å². The van der Waals surface area contributed by atoms with Gasteiger partial charge in [0, 0.05) is 24.7 Å². The fourth-order valence-electron chi connectivity index (χ4n) is 1.95. The van der Waals surface area contributed by atoms with Crippen LogP contribution in [0.15, 0.2) is 53.4 Å². The standard InChI is InChI=1S/C14H14N4O/c1-2-4-11(5-3-1)14-12(9-16-17-14)8-15-10-13-6-7-19-18-13/h1-7,9,15H,8,10H2,(H,16,17). The summed E-state index contributed by atoms with van der Waals surface area (Å²) in [5.41, 5.74) is 4.21. The van der Waals surface area contributed by atoms with E-state index in [0.29, 0.717) is 6.54 Å². The molecule has 0 amide bonds. The van der Waals surface area contributed by atoms with Crippen LogP contribution in [0.4, 0.5) is 0 Å². The van der Waals surface area contributed by atoms with Crippen LogP contribution in [0, 0.1) is 0 Å². The molecule has 3 rings (SSSR count). The fourth-order valence-corrected chi connectivity index (χ4v) is 1.95. The molecule has 0 saturated heterocycles. The Labute approximate surface area is 110 Å². The lowest BCUT2D eigenvalue weighted by atomic mass is 10.1. The van der Waals surface area contributed by atoms with Gasteiger partial charge < -0.3 is 9.84 Å². The van der Waals surface area contributed by atoms with Crippen LogP contribution < -0.4 is 5.32 Å². The summed E-state index contributed by atoms with van der Waals surface area (Å²) < 4.78 is 4.79. The van der Waals surface area contributed by atoms with Gasteiger partial charge in [0.15, 0.2) is 0 Å². The Bertz CT molecular complexity index is 616. The minimum atomic E-state index is 0.676. The maximum atomic E-state index is 4.79. The molecule has 96 valence electrons. The molecule has 0 saturated carbocycles. The molecule has 2 N–H and O–H groups in total. The minimum Gasteiger partial charge on any atom is -0.364 e. The van der Waals surface area contributed by atoms with Crippen LogP contribution in [-0.2, 0) is 13.1 Å². The number of benzene rings is 1. The number of hydrogen-bond donors (Lipinski definition) is 2. The van der Waals surface area contributed by atoms with Crippen molar-refractivity contribution in [3.05, 3.63) is 60.1 Å². The number of aromatic amines is 1. The van der Waals surface area contributed by atoms with Crippen molar-refractivity contribution in [2.45, 2.75) is 13.1 Å². The normalized spacial score (nSPS) is 10.7. The van der Waals surface area contributed by atoms with Gasteiger partial charge in [-0.3, -0.25) is 5.10 Å². The Balaban J connectivity index is 1.67. The van der Waals surface area contributed by atoms with Crippen molar-refractivity contribution in [1.82, 2.24) is 20.7 Å². The van der Waals surface area contributed by atoms with E-state index < -0.39 is 0 Å². The molecule has 1 aromatic carbocycles. The summed E-state index contributed by atoms with van der Waals surface area (Å²) in [4.78, 5) is 0. The first-order valence-corrected chi connectivity index (χ1v) is 6.11. The van der Waals surface area contributed by atoms with Gasteiger partial charge in [0.2, 0.25) is 0 Å². The summed E-state index contributed by atoms with van der Waals surface area (Å²) in [7, 11) is 0. The molecule has 0 atom stereocenters. The summed E-state index contributed by atoms with van der Waals surface area (Å²) in [6.07, 6.45) is 3.42. The molecule has 0 aliphatic heterocycles. The van der Waals surface area contributed by atoms with Gasteiger partial charge in [0.05, 0.1) is 17.6 Å². The van der Waals surface area contributed by atoms with Crippen LogP contribution in [-0.4, -0.2) is 15.4 Å². The molecule has 0 aliphatic rings. The Hall–Kier alpha value is -2.40. The second kappa shape index (κ2) is 5.49. The van der Waals surface area contributed by atoms with Gasteiger partial charge in [-0.25, -0.2) is 0 Å². The highest BCUT2D eigenvalue weighted by Crippen LogP contribution is 2.20. The fraction of sp³-hybridized carbons (Fsp3) is 0.143. The van der Waals surface area contributed by atoms with E-state index in [4.69, 9.17) is 4.52 Å². The van der Waals surface area contributed by atoms with Gasteiger partial charge in [0.1, 0.15) is 6.26 Å². The average Bonchev–Trinajstić information content (AvgIpc) is 3.11. The second-order valence-corrected chi connectivity index (χ2v) is 4.23. The minimum absolute atomic E-state index is 0.676. The summed E-state index contributed by atoms with van der Waals surface area (Å²) in [6, 6.07) is 12.0. The topological polar surface area (TPSA) is 66.7 Å². The average molecular weight is 254 g/mol. The molecule has 19 heavy (non-hydrogen) atoms. The van der Waals surface area contributed by atoms with Gasteiger partial charge in [-0.15, -0.1) is 0 Å². The predicted molar refractivity (Wildman–Crippen MR) is 71.1 cm³/mol. The molecular formula is C14H14N4O. The van der Waals surface area contributed by atoms with Gasteiger partial charge in [-0.05, 0) is 5.56 Å². The molecule has 5 nitrogen and oxygen atoms in total. The SMILES string of the molecule is c1ccc(-c2[nH]ncc2CNCc2ccon2)cc1. The van der Waals surface area contributed by atoms with Crippen LogP contribution in [0.1, 0.15) is 11.3 Å². The zero-order valence-corrected chi connectivity index (χ0v) is 10.3. The van der Waals surface area contributed by atoms with Crippen LogP contribution in [0.3, 0.4) is 0 Å². The highest BCUT2D eigenvalue weighted by atomic mass is 16.5. The molecule has 0 spiro atoms. The van der Waals surface area contributed by atoms with Gasteiger partial charge in [0.25, 0.3) is 0 Å². The van der Waals surface area contributed by atoms with E-state index in [-0.39, 0.29) is 0 Å². The first-order chi connectivity index (χ1) is 9.43.